The van der Waals surface area contributed by atoms with Crippen LogP contribution in [-0.4, -0.2) is 19.6 Å². The van der Waals surface area contributed by atoms with Crippen LogP contribution in [0, 0.1) is 5.92 Å². The van der Waals surface area contributed by atoms with Crippen molar-refractivity contribution in [2.24, 2.45) is 5.92 Å². The molecule has 2 unspecified atom stereocenters. The molecular weight excluding hydrogens is 192 g/mol. The first-order valence-electron chi connectivity index (χ1n) is 4.94. The molecule has 0 bridgehead atoms. The van der Waals surface area contributed by atoms with Gasteiger partial charge in [0.15, 0.2) is 0 Å². The number of hydrazine groups is 1. The third-order valence-corrected chi connectivity index (χ3v) is 2.64. The van der Waals surface area contributed by atoms with E-state index in [-0.39, 0.29) is 17.9 Å². The first kappa shape index (κ1) is 10.1. The summed E-state index contributed by atoms with van der Waals surface area (Å²) >= 11 is 0. The topological polar surface area (TPSA) is 50.4 Å². The van der Waals surface area contributed by atoms with Crippen molar-refractivity contribution >= 4 is 5.97 Å². The van der Waals surface area contributed by atoms with Gasteiger partial charge in [0.2, 0.25) is 0 Å². The summed E-state index contributed by atoms with van der Waals surface area (Å²) in [5.74, 6) is -0.334. The summed E-state index contributed by atoms with van der Waals surface area (Å²) in [6.45, 7) is 0.603. The van der Waals surface area contributed by atoms with Gasteiger partial charge in [-0.1, -0.05) is 30.3 Å². The molecule has 1 fully saturated rings. The second kappa shape index (κ2) is 4.42. The first-order valence-corrected chi connectivity index (χ1v) is 4.94. The monoisotopic (exact) mass is 206 g/mol. The Balaban J connectivity index is 2.18. The molecule has 1 aromatic rings. The number of hydrogen-bond acceptors (Lipinski definition) is 4. The number of nitrogens with one attached hydrogen (secondary N) is 2. The molecule has 0 saturated carbocycles. The molecule has 2 N–H and O–H groups in total. The van der Waals surface area contributed by atoms with E-state index >= 15 is 0 Å². The Morgan fingerprint density at radius 3 is 2.80 bits per heavy atom. The van der Waals surface area contributed by atoms with Gasteiger partial charge in [0.25, 0.3) is 0 Å². The maximum atomic E-state index is 11.5. The Labute approximate surface area is 88.6 Å². The highest BCUT2D eigenvalue weighted by Crippen LogP contribution is 2.25. The van der Waals surface area contributed by atoms with E-state index in [4.69, 9.17) is 4.74 Å². The second-order valence-electron chi connectivity index (χ2n) is 3.54. The summed E-state index contributed by atoms with van der Waals surface area (Å²) in [7, 11) is 1.42. The summed E-state index contributed by atoms with van der Waals surface area (Å²) in [5, 5.41) is 0. The summed E-state index contributed by atoms with van der Waals surface area (Å²) < 4.78 is 4.77. The molecule has 80 valence electrons. The van der Waals surface area contributed by atoms with E-state index in [0.717, 1.165) is 5.56 Å². The van der Waals surface area contributed by atoms with Crippen molar-refractivity contribution in [1.29, 1.82) is 0 Å². The Kier molecular flexibility index (Phi) is 2.99. The molecule has 1 saturated heterocycles. The molecule has 0 aliphatic carbocycles. The standard InChI is InChI=1S/C11H14N2O2/c1-15-11(14)9-7-12-13-10(9)8-5-3-2-4-6-8/h2-6,9-10,12-13H,7H2,1H3. The van der Waals surface area contributed by atoms with Crippen LogP contribution < -0.4 is 10.9 Å². The quantitative estimate of drug-likeness (QED) is 0.697. The highest BCUT2D eigenvalue weighted by atomic mass is 16.5. The minimum atomic E-state index is -0.179. The number of methoxy groups -OCH3 is 1. The number of carbonyl (C=O) groups excluding carboxylic acids is 1. The fourth-order valence-electron chi connectivity index (χ4n) is 1.84. The average molecular weight is 206 g/mol. The minimum Gasteiger partial charge on any atom is -0.469 e. The van der Waals surface area contributed by atoms with E-state index in [1.807, 2.05) is 30.3 Å². The molecule has 0 aromatic heterocycles. The van der Waals surface area contributed by atoms with E-state index in [1.165, 1.54) is 7.11 Å². The molecule has 4 heteroatoms. The van der Waals surface area contributed by atoms with Crippen molar-refractivity contribution in [3.63, 3.8) is 0 Å². The van der Waals surface area contributed by atoms with Crippen molar-refractivity contribution in [3.05, 3.63) is 35.9 Å². The zero-order valence-electron chi connectivity index (χ0n) is 8.57. The number of benzene rings is 1. The van der Waals surface area contributed by atoms with E-state index in [0.29, 0.717) is 6.54 Å². The van der Waals surface area contributed by atoms with Gasteiger partial charge in [-0.2, -0.15) is 0 Å². The van der Waals surface area contributed by atoms with Crippen molar-refractivity contribution in [1.82, 2.24) is 10.9 Å². The average Bonchev–Trinajstić information content (AvgIpc) is 2.78. The number of hydrogen-bond donors (Lipinski definition) is 2. The molecule has 0 radical (unpaired) electrons. The van der Waals surface area contributed by atoms with Gasteiger partial charge in [0, 0.05) is 6.54 Å². The smallest absolute Gasteiger partial charge is 0.312 e. The maximum absolute atomic E-state index is 11.5. The molecule has 1 heterocycles. The van der Waals surface area contributed by atoms with Crippen LogP contribution in [0.25, 0.3) is 0 Å². The van der Waals surface area contributed by atoms with Gasteiger partial charge in [-0.25, -0.2) is 5.43 Å². The van der Waals surface area contributed by atoms with Crippen LogP contribution in [0.4, 0.5) is 0 Å². The van der Waals surface area contributed by atoms with Crippen molar-refractivity contribution in [3.8, 4) is 0 Å². The third-order valence-electron chi connectivity index (χ3n) is 2.64. The molecule has 2 rings (SSSR count). The zero-order chi connectivity index (χ0) is 10.7. The number of carbonyl (C=O) groups is 1. The molecule has 0 amide bonds. The van der Waals surface area contributed by atoms with Crippen LogP contribution in [0.1, 0.15) is 11.6 Å². The zero-order valence-corrected chi connectivity index (χ0v) is 8.57. The molecule has 1 aliphatic rings. The fraction of sp³-hybridized carbons (Fsp3) is 0.364. The number of ether oxygens (including phenoxy) is 1. The first-order chi connectivity index (χ1) is 7.33. The molecule has 1 aliphatic heterocycles. The second-order valence-corrected chi connectivity index (χ2v) is 3.54. The lowest BCUT2D eigenvalue weighted by atomic mass is 9.95. The van der Waals surface area contributed by atoms with Crippen LogP contribution in [0.3, 0.4) is 0 Å². The van der Waals surface area contributed by atoms with Crippen LogP contribution in [0.2, 0.25) is 0 Å². The van der Waals surface area contributed by atoms with E-state index in [1.54, 1.807) is 0 Å². The summed E-state index contributed by atoms with van der Waals surface area (Å²) in [6, 6.07) is 9.88. The maximum Gasteiger partial charge on any atom is 0.312 e. The molecule has 0 spiro atoms. The van der Waals surface area contributed by atoms with Crippen LogP contribution >= 0.6 is 0 Å². The normalized spacial score (nSPS) is 25.1. The lowest BCUT2D eigenvalue weighted by Crippen LogP contribution is -2.26. The summed E-state index contributed by atoms with van der Waals surface area (Å²) in [6.07, 6.45) is 0. The van der Waals surface area contributed by atoms with Crippen molar-refractivity contribution in [2.45, 2.75) is 6.04 Å². The van der Waals surface area contributed by atoms with Gasteiger partial charge in [-0.05, 0) is 5.56 Å². The van der Waals surface area contributed by atoms with Crippen LogP contribution in [-0.2, 0) is 9.53 Å². The fourth-order valence-corrected chi connectivity index (χ4v) is 1.84. The molecular formula is C11H14N2O2. The summed E-state index contributed by atoms with van der Waals surface area (Å²) in [4.78, 5) is 11.5. The minimum absolute atomic E-state index is 0.00125. The Morgan fingerprint density at radius 1 is 1.40 bits per heavy atom. The third kappa shape index (κ3) is 2.00. The van der Waals surface area contributed by atoms with E-state index in [2.05, 4.69) is 10.9 Å². The predicted molar refractivity (Wildman–Crippen MR) is 55.8 cm³/mol. The summed E-state index contributed by atoms with van der Waals surface area (Å²) in [5.41, 5.74) is 7.17. The van der Waals surface area contributed by atoms with Crippen molar-refractivity contribution < 1.29 is 9.53 Å². The van der Waals surface area contributed by atoms with Gasteiger partial charge in [0.1, 0.15) is 0 Å². The van der Waals surface area contributed by atoms with Crippen molar-refractivity contribution in [2.75, 3.05) is 13.7 Å². The van der Waals surface area contributed by atoms with E-state index < -0.39 is 0 Å². The predicted octanol–water partition coefficient (Wildman–Crippen LogP) is 0.625. The number of esters is 1. The lowest BCUT2D eigenvalue weighted by Gasteiger charge is -2.16. The SMILES string of the molecule is COC(=O)C1CNNC1c1ccccc1. The van der Waals surface area contributed by atoms with Gasteiger partial charge >= 0.3 is 5.97 Å². The lowest BCUT2D eigenvalue weighted by molar-refractivity contribution is -0.145. The largest absolute Gasteiger partial charge is 0.469 e. The highest BCUT2D eigenvalue weighted by molar-refractivity contribution is 5.74. The molecule has 2 atom stereocenters. The van der Waals surface area contributed by atoms with Gasteiger partial charge < -0.3 is 4.74 Å². The molecule has 15 heavy (non-hydrogen) atoms. The van der Waals surface area contributed by atoms with Crippen LogP contribution in [0.15, 0.2) is 30.3 Å². The molecule has 1 aromatic carbocycles. The van der Waals surface area contributed by atoms with Gasteiger partial charge in [-0.15, -0.1) is 0 Å². The number of rotatable bonds is 2. The highest BCUT2D eigenvalue weighted by Gasteiger charge is 2.34. The Bertz CT molecular complexity index is 340. The Hall–Kier alpha value is -1.39. The van der Waals surface area contributed by atoms with E-state index in [9.17, 15) is 4.79 Å². The molecule has 4 nitrogen and oxygen atoms in total. The van der Waals surface area contributed by atoms with Crippen LogP contribution in [0.5, 0.6) is 0 Å². The Morgan fingerprint density at radius 2 is 2.13 bits per heavy atom. The van der Waals surface area contributed by atoms with Gasteiger partial charge in [-0.3, -0.25) is 10.2 Å². The van der Waals surface area contributed by atoms with Gasteiger partial charge in [0.05, 0.1) is 19.1 Å².